The molecule has 180 valence electrons. The van der Waals surface area contributed by atoms with Crippen molar-refractivity contribution in [3.8, 4) is 11.9 Å². The molecule has 8 nitrogen and oxygen atoms in total. The summed E-state index contributed by atoms with van der Waals surface area (Å²) < 4.78 is 20.2. The van der Waals surface area contributed by atoms with Crippen LogP contribution in [-0.2, 0) is 10.2 Å². The Morgan fingerprint density at radius 3 is 2.57 bits per heavy atom. The van der Waals surface area contributed by atoms with Crippen molar-refractivity contribution in [3.63, 3.8) is 0 Å². The Morgan fingerprint density at radius 1 is 1.11 bits per heavy atom. The zero-order chi connectivity index (χ0) is 24.3. The van der Waals surface area contributed by atoms with Gasteiger partial charge >= 0.3 is 0 Å². The van der Waals surface area contributed by atoms with Crippen LogP contribution in [0.3, 0.4) is 0 Å². The quantitative estimate of drug-likeness (QED) is 0.606. The maximum atomic E-state index is 13.1. The van der Waals surface area contributed by atoms with Crippen LogP contribution in [0.4, 0.5) is 10.1 Å². The first-order chi connectivity index (χ1) is 17.1. The van der Waals surface area contributed by atoms with Crippen LogP contribution in [0.25, 0.3) is 5.82 Å². The van der Waals surface area contributed by atoms with Gasteiger partial charge in [-0.25, -0.2) is 9.37 Å². The Labute approximate surface area is 203 Å². The van der Waals surface area contributed by atoms with Crippen LogP contribution in [0.1, 0.15) is 41.7 Å². The molecule has 1 saturated carbocycles. The van der Waals surface area contributed by atoms with Gasteiger partial charge in [0.05, 0.1) is 54.0 Å². The van der Waals surface area contributed by atoms with Crippen molar-refractivity contribution in [1.29, 1.82) is 5.26 Å². The molecule has 3 aromatic rings. The summed E-state index contributed by atoms with van der Waals surface area (Å²) in [5, 5.41) is 12.9. The van der Waals surface area contributed by atoms with E-state index in [-0.39, 0.29) is 5.91 Å². The Bertz CT molecular complexity index is 1200. The van der Waals surface area contributed by atoms with Gasteiger partial charge in [-0.05, 0) is 56.0 Å². The van der Waals surface area contributed by atoms with E-state index >= 15 is 0 Å². The molecule has 2 aliphatic rings. The highest BCUT2D eigenvalue weighted by atomic mass is 19.1. The van der Waals surface area contributed by atoms with Crippen molar-refractivity contribution in [2.75, 3.05) is 31.6 Å². The zero-order valence-corrected chi connectivity index (χ0v) is 19.4. The smallest absolute Gasteiger partial charge is 0.257 e. The van der Waals surface area contributed by atoms with E-state index in [1.807, 2.05) is 6.07 Å². The highest BCUT2D eigenvalue weighted by Gasteiger charge is 2.40. The van der Waals surface area contributed by atoms with Gasteiger partial charge in [0.1, 0.15) is 11.6 Å². The van der Waals surface area contributed by atoms with Gasteiger partial charge in [0.25, 0.3) is 5.91 Å². The van der Waals surface area contributed by atoms with Gasteiger partial charge in [-0.2, -0.15) is 5.26 Å². The fourth-order valence-corrected chi connectivity index (χ4v) is 4.98. The number of aromatic nitrogens is 3. The number of pyridine rings is 2. The lowest BCUT2D eigenvalue weighted by atomic mass is 9.71. The fraction of sp³-hybridized carbons (Fsp3) is 0.385. The molecule has 1 aliphatic heterocycles. The second-order valence-electron chi connectivity index (χ2n) is 9.10. The molecular formula is C26H27FN6O2. The van der Waals surface area contributed by atoms with Gasteiger partial charge in [-0.3, -0.25) is 14.7 Å². The molecule has 1 N–H and O–H groups in total. The molecule has 0 aromatic carbocycles. The van der Waals surface area contributed by atoms with E-state index in [1.165, 1.54) is 6.07 Å². The molecule has 0 atom stereocenters. The maximum Gasteiger partial charge on any atom is 0.257 e. The second-order valence-corrected chi connectivity index (χ2v) is 9.10. The molecule has 35 heavy (non-hydrogen) atoms. The van der Waals surface area contributed by atoms with E-state index in [4.69, 9.17) is 4.74 Å². The van der Waals surface area contributed by atoms with E-state index in [0.29, 0.717) is 23.1 Å². The summed E-state index contributed by atoms with van der Waals surface area (Å²) in [5.74, 6) is -0.193. The average Bonchev–Trinajstić information content (AvgIpc) is 3.41. The number of ether oxygens (including phenoxy) is 1. The summed E-state index contributed by atoms with van der Waals surface area (Å²) in [5.41, 5.74) is 1.16. The number of halogens is 1. The molecule has 1 aliphatic carbocycles. The molecule has 3 aromatic heterocycles. The third kappa shape index (κ3) is 4.94. The SMILES string of the molecule is N#CC1(c2ccc(NC(=O)c3ccn(-c4ccc(F)cn4)c3)cn2)CCC(N2CCOCC2)CC1. The number of morpholine rings is 1. The number of anilines is 1. The lowest BCUT2D eigenvalue weighted by molar-refractivity contribution is 0.00493. The normalized spacial score (nSPS) is 22.9. The zero-order valence-electron chi connectivity index (χ0n) is 19.4. The van der Waals surface area contributed by atoms with Crippen LogP contribution in [0.15, 0.2) is 55.1 Å². The summed E-state index contributed by atoms with van der Waals surface area (Å²) in [7, 11) is 0. The Morgan fingerprint density at radius 2 is 1.91 bits per heavy atom. The van der Waals surface area contributed by atoms with Gasteiger partial charge in [0.15, 0.2) is 0 Å². The number of rotatable bonds is 5. The van der Waals surface area contributed by atoms with E-state index in [9.17, 15) is 14.4 Å². The summed E-state index contributed by atoms with van der Waals surface area (Å²) in [6.45, 7) is 3.48. The molecule has 0 unspecified atom stereocenters. The predicted octanol–water partition coefficient (Wildman–Crippen LogP) is 3.69. The van der Waals surface area contributed by atoms with Gasteiger partial charge < -0.3 is 14.6 Å². The van der Waals surface area contributed by atoms with Gasteiger partial charge in [0.2, 0.25) is 0 Å². The Kier molecular flexibility index (Phi) is 6.57. The molecule has 2 fully saturated rings. The lowest BCUT2D eigenvalue weighted by Crippen LogP contribution is -2.47. The van der Waals surface area contributed by atoms with Crippen LogP contribution < -0.4 is 5.32 Å². The van der Waals surface area contributed by atoms with Crippen molar-refractivity contribution in [2.24, 2.45) is 0 Å². The number of nitrogens with zero attached hydrogens (tertiary/aromatic N) is 5. The van der Waals surface area contributed by atoms with Gasteiger partial charge in [0, 0.05) is 31.5 Å². The third-order valence-corrected chi connectivity index (χ3v) is 7.03. The highest BCUT2D eigenvalue weighted by Crippen LogP contribution is 2.40. The van der Waals surface area contributed by atoms with Crippen molar-refractivity contribution < 1.29 is 13.9 Å². The van der Waals surface area contributed by atoms with E-state index in [2.05, 4.69) is 26.3 Å². The number of nitriles is 1. The van der Waals surface area contributed by atoms with Gasteiger partial charge in [-0.15, -0.1) is 0 Å². The van der Waals surface area contributed by atoms with Crippen molar-refractivity contribution in [1.82, 2.24) is 19.4 Å². The molecule has 5 rings (SSSR count). The minimum absolute atomic E-state index is 0.290. The summed E-state index contributed by atoms with van der Waals surface area (Å²) in [6, 6.07) is 11.2. The standard InChI is InChI=1S/C26H27FN6O2/c27-20-1-4-24(30-15-20)33-10-7-19(17-33)25(34)31-21-2-3-23(29-16-21)26(18-28)8-5-22(6-9-26)32-11-13-35-14-12-32/h1-4,7,10,15-17,22H,5-6,8-9,11-14H2,(H,31,34). The maximum absolute atomic E-state index is 13.1. The third-order valence-electron chi connectivity index (χ3n) is 7.03. The number of hydrogen-bond donors (Lipinski definition) is 1. The second kappa shape index (κ2) is 9.94. The molecule has 0 radical (unpaired) electrons. The minimum Gasteiger partial charge on any atom is -0.379 e. The summed E-state index contributed by atoms with van der Waals surface area (Å²) >= 11 is 0. The van der Waals surface area contributed by atoms with Crippen LogP contribution in [0.5, 0.6) is 0 Å². The lowest BCUT2D eigenvalue weighted by Gasteiger charge is -2.41. The number of amides is 1. The number of nitrogens with one attached hydrogen (secondary N) is 1. The van der Waals surface area contributed by atoms with Gasteiger partial charge in [-0.1, -0.05) is 0 Å². The highest BCUT2D eigenvalue weighted by molar-refractivity contribution is 6.04. The first kappa shape index (κ1) is 23.1. The minimum atomic E-state index is -0.593. The number of hydrogen-bond acceptors (Lipinski definition) is 6. The topological polar surface area (TPSA) is 96.1 Å². The summed E-state index contributed by atoms with van der Waals surface area (Å²) in [6.07, 6.45) is 9.55. The van der Waals surface area contributed by atoms with Crippen LogP contribution in [-0.4, -0.2) is 57.7 Å². The Balaban J connectivity index is 1.22. The predicted molar refractivity (Wildman–Crippen MR) is 128 cm³/mol. The van der Waals surface area contributed by atoms with E-state index < -0.39 is 11.2 Å². The van der Waals surface area contributed by atoms with E-state index in [1.54, 1.807) is 41.4 Å². The first-order valence-electron chi connectivity index (χ1n) is 11.9. The van der Waals surface area contributed by atoms with Crippen LogP contribution in [0, 0.1) is 17.1 Å². The van der Waals surface area contributed by atoms with E-state index in [0.717, 1.165) is 63.9 Å². The molecule has 0 spiro atoms. The fourth-order valence-electron chi connectivity index (χ4n) is 4.98. The summed E-state index contributed by atoms with van der Waals surface area (Å²) in [4.78, 5) is 23.8. The molecule has 0 bridgehead atoms. The molecule has 9 heteroatoms. The number of carbonyl (C=O) groups is 1. The molecule has 1 amide bonds. The van der Waals surface area contributed by atoms with Crippen LogP contribution >= 0.6 is 0 Å². The van der Waals surface area contributed by atoms with Crippen LogP contribution in [0.2, 0.25) is 0 Å². The van der Waals surface area contributed by atoms with Crippen molar-refractivity contribution in [3.05, 3.63) is 72.2 Å². The largest absolute Gasteiger partial charge is 0.379 e. The molecule has 1 saturated heterocycles. The molecular weight excluding hydrogens is 447 g/mol. The number of carbonyl (C=O) groups excluding carboxylic acids is 1. The monoisotopic (exact) mass is 474 g/mol. The average molecular weight is 475 g/mol. The Hall–Kier alpha value is -3.61. The molecule has 4 heterocycles. The van der Waals surface area contributed by atoms with Crippen molar-refractivity contribution >= 4 is 11.6 Å². The first-order valence-corrected chi connectivity index (χ1v) is 11.9. The van der Waals surface area contributed by atoms with Crippen molar-refractivity contribution in [2.45, 2.75) is 37.1 Å².